The molecular formula is C26H38O5. The molecule has 0 spiro atoms. The molecule has 31 heavy (non-hydrogen) atoms. The van der Waals surface area contributed by atoms with Gasteiger partial charge in [0.05, 0.1) is 11.2 Å². The first-order valence-corrected chi connectivity index (χ1v) is 12.2. The van der Waals surface area contributed by atoms with Gasteiger partial charge in [0, 0.05) is 23.3 Å². The summed E-state index contributed by atoms with van der Waals surface area (Å²) < 4.78 is 5.23. The fourth-order valence-electron chi connectivity index (χ4n) is 9.09. The Kier molecular flexibility index (Phi) is 4.65. The van der Waals surface area contributed by atoms with E-state index in [0.29, 0.717) is 18.3 Å². The Balaban J connectivity index is 1.53. The van der Waals surface area contributed by atoms with Crippen LogP contribution >= 0.6 is 0 Å². The highest BCUT2D eigenvalue weighted by Gasteiger charge is 2.70. The molecule has 9 atom stereocenters. The highest BCUT2D eigenvalue weighted by molar-refractivity contribution is 5.86. The van der Waals surface area contributed by atoms with Crippen molar-refractivity contribution >= 4 is 11.8 Å². The lowest BCUT2D eigenvalue weighted by molar-refractivity contribution is -0.213. The van der Waals surface area contributed by atoms with Crippen LogP contribution in [-0.2, 0) is 14.3 Å². The summed E-state index contributed by atoms with van der Waals surface area (Å²) in [6.07, 6.45) is 8.65. The van der Waals surface area contributed by atoms with E-state index in [1.165, 1.54) is 0 Å². The predicted molar refractivity (Wildman–Crippen MR) is 116 cm³/mol. The van der Waals surface area contributed by atoms with Gasteiger partial charge >= 0.3 is 5.97 Å². The zero-order chi connectivity index (χ0) is 22.4. The van der Waals surface area contributed by atoms with Gasteiger partial charge in [-0.15, -0.1) is 0 Å². The number of ketones is 1. The van der Waals surface area contributed by atoms with Crippen LogP contribution in [0.2, 0.25) is 0 Å². The van der Waals surface area contributed by atoms with E-state index >= 15 is 0 Å². The average Bonchev–Trinajstić information content (AvgIpc) is 3.20. The molecule has 0 radical (unpaired) electrons. The molecule has 4 fully saturated rings. The summed E-state index contributed by atoms with van der Waals surface area (Å²) in [7, 11) is 0. The number of aliphatic hydroxyl groups is 2. The van der Waals surface area contributed by atoms with Gasteiger partial charge in [-0.25, -0.2) is 4.79 Å². The minimum atomic E-state index is -0.905. The van der Waals surface area contributed by atoms with Crippen LogP contribution in [0.15, 0.2) is 11.6 Å². The molecule has 4 aliphatic carbocycles. The van der Waals surface area contributed by atoms with Crippen LogP contribution in [0, 0.1) is 40.4 Å². The maximum absolute atomic E-state index is 12.8. The lowest BCUT2D eigenvalue weighted by Crippen LogP contribution is -2.62. The van der Waals surface area contributed by atoms with E-state index in [2.05, 4.69) is 13.8 Å². The van der Waals surface area contributed by atoms with Crippen LogP contribution in [0.25, 0.3) is 0 Å². The maximum atomic E-state index is 12.8. The molecule has 1 aliphatic heterocycles. The van der Waals surface area contributed by atoms with Crippen LogP contribution < -0.4 is 0 Å². The van der Waals surface area contributed by atoms with Gasteiger partial charge in [0.25, 0.3) is 0 Å². The Morgan fingerprint density at radius 2 is 1.77 bits per heavy atom. The maximum Gasteiger partial charge on any atom is 0.331 e. The van der Waals surface area contributed by atoms with Crippen LogP contribution in [0.3, 0.4) is 0 Å². The second-order valence-corrected chi connectivity index (χ2v) is 12.3. The van der Waals surface area contributed by atoms with Crippen LogP contribution in [0.1, 0.15) is 79.1 Å². The molecule has 0 aromatic rings. The van der Waals surface area contributed by atoms with Crippen molar-refractivity contribution in [3.63, 3.8) is 0 Å². The van der Waals surface area contributed by atoms with Crippen molar-refractivity contribution in [2.45, 2.75) is 90.3 Å². The molecule has 0 unspecified atom stereocenters. The number of carbonyl (C=O) groups is 2. The molecule has 0 amide bonds. The summed E-state index contributed by atoms with van der Waals surface area (Å²) in [5.41, 5.74) is -0.866. The number of esters is 1. The minimum Gasteiger partial charge on any atom is -0.458 e. The van der Waals surface area contributed by atoms with Crippen molar-refractivity contribution in [3.05, 3.63) is 11.6 Å². The lowest BCUT2D eigenvalue weighted by atomic mass is 9.42. The normalized spacial score (nSPS) is 53.8. The first-order valence-electron chi connectivity index (χ1n) is 12.2. The fraction of sp³-hybridized carbons (Fsp3) is 0.846. The zero-order valence-corrected chi connectivity index (χ0v) is 19.4. The summed E-state index contributed by atoms with van der Waals surface area (Å²) in [5, 5.41) is 23.1. The third-order valence-electron chi connectivity index (χ3n) is 10.8. The number of Topliss-reactive ketones (excluding diaryl/α,β-unsaturated/α-hetero) is 1. The summed E-state index contributed by atoms with van der Waals surface area (Å²) in [4.78, 5) is 24.6. The van der Waals surface area contributed by atoms with Crippen molar-refractivity contribution in [1.29, 1.82) is 0 Å². The predicted octanol–water partition coefficient (Wildman–Crippen LogP) is 3.81. The number of hydrogen-bond acceptors (Lipinski definition) is 5. The quantitative estimate of drug-likeness (QED) is 0.651. The molecule has 0 saturated heterocycles. The van der Waals surface area contributed by atoms with Gasteiger partial charge < -0.3 is 14.9 Å². The smallest absolute Gasteiger partial charge is 0.331 e. The molecule has 5 heteroatoms. The van der Waals surface area contributed by atoms with Gasteiger partial charge in [-0.2, -0.15) is 0 Å². The Bertz CT molecular complexity index is 845. The Hall–Kier alpha value is -1.20. The molecule has 5 nitrogen and oxygen atoms in total. The second-order valence-electron chi connectivity index (χ2n) is 12.3. The van der Waals surface area contributed by atoms with Crippen molar-refractivity contribution < 1.29 is 24.5 Å². The number of carbonyl (C=O) groups excluding carboxylic acids is 2. The highest BCUT2D eigenvalue weighted by atomic mass is 16.5. The molecule has 2 N–H and O–H groups in total. The third kappa shape index (κ3) is 2.88. The zero-order valence-electron chi connectivity index (χ0n) is 19.4. The SMILES string of the molecule is CC(=O)[C@H]1C[C@]2(O)[C@@H]3CC[C@@H]4C[C@@](C)(O)CC[C@]4(C)[C@H]3CC[C@]2(C)[C@H]1C1=CC(=O)OC1. The van der Waals surface area contributed by atoms with Crippen LogP contribution in [0.4, 0.5) is 0 Å². The van der Waals surface area contributed by atoms with E-state index in [-0.39, 0.29) is 41.5 Å². The highest BCUT2D eigenvalue weighted by Crippen LogP contribution is 2.71. The number of rotatable bonds is 2. The number of fused-ring (bicyclic) bond motifs is 5. The Morgan fingerprint density at radius 1 is 1.03 bits per heavy atom. The van der Waals surface area contributed by atoms with Crippen molar-refractivity contribution in [2.75, 3.05) is 6.61 Å². The van der Waals surface area contributed by atoms with Gasteiger partial charge in [-0.1, -0.05) is 13.8 Å². The van der Waals surface area contributed by atoms with Gasteiger partial charge in [0.15, 0.2) is 0 Å². The molecule has 172 valence electrons. The van der Waals surface area contributed by atoms with E-state index in [1.54, 1.807) is 13.0 Å². The third-order valence-corrected chi connectivity index (χ3v) is 10.8. The summed E-state index contributed by atoms with van der Waals surface area (Å²) in [6, 6.07) is 0. The van der Waals surface area contributed by atoms with Gasteiger partial charge in [0.1, 0.15) is 12.4 Å². The van der Waals surface area contributed by atoms with E-state index in [0.717, 1.165) is 50.5 Å². The van der Waals surface area contributed by atoms with Crippen molar-refractivity contribution in [3.8, 4) is 0 Å². The van der Waals surface area contributed by atoms with Crippen molar-refractivity contribution in [2.24, 2.45) is 40.4 Å². The molecule has 4 saturated carbocycles. The first-order chi connectivity index (χ1) is 14.4. The molecule has 5 rings (SSSR count). The number of ether oxygens (including phenoxy) is 1. The summed E-state index contributed by atoms with van der Waals surface area (Å²) >= 11 is 0. The largest absolute Gasteiger partial charge is 0.458 e. The molecule has 0 aromatic heterocycles. The molecule has 1 heterocycles. The monoisotopic (exact) mass is 430 g/mol. The van der Waals surface area contributed by atoms with E-state index in [1.807, 2.05) is 6.92 Å². The topological polar surface area (TPSA) is 83.8 Å². The van der Waals surface area contributed by atoms with Crippen molar-refractivity contribution in [1.82, 2.24) is 0 Å². The first kappa shape index (κ1) is 21.6. The van der Waals surface area contributed by atoms with E-state index in [4.69, 9.17) is 4.74 Å². The number of hydrogen-bond donors (Lipinski definition) is 2. The van der Waals surface area contributed by atoms with Crippen LogP contribution in [-0.4, -0.2) is 39.8 Å². The van der Waals surface area contributed by atoms with Gasteiger partial charge in [0.2, 0.25) is 0 Å². The van der Waals surface area contributed by atoms with Gasteiger partial charge in [-0.3, -0.25) is 4.79 Å². The minimum absolute atomic E-state index is 0.111. The molecule has 5 aliphatic rings. The van der Waals surface area contributed by atoms with E-state index in [9.17, 15) is 19.8 Å². The Morgan fingerprint density at radius 3 is 2.42 bits per heavy atom. The lowest BCUT2D eigenvalue weighted by Gasteiger charge is -2.64. The second kappa shape index (κ2) is 6.66. The average molecular weight is 431 g/mol. The molecular weight excluding hydrogens is 392 g/mol. The molecule has 0 bridgehead atoms. The van der Waals surface area contributed by atoms with Gasteiger partial charge in [-0.05, 0) is 94.0 Å². The summed E-state index contributed by atoms with van der Waals surface area (Å²) in [6.45, 7) is 8.43. The van der Waals surface area contributed by atoms with Crippen LogP contribution in [0.5, 0.6) is 0 Å². The number of cyclic esters (lactones) is 1. The Labute approximate surface area is 185 Å². The van der Waals surface area contributed by atoms with E-state index < -0.39 is 16.6 Å². The molecule has 0 aromatic carbocycles. The fourth-order valence-corrected chi connectivity index (χ4v) is 9.09. The summed E-state index contributed by atoms with van der Waals surface area (Å²) in [5.74, 6) is 0.483. The standard InChI is InChI=1S/C26H38O5/c1-15(27)18-13-26(30)20-6-5-17-12-23(2,29)9-10-24(17,3)19(20)7-8-25(26,4)22(18)16-11-21(28)31-14-16/h11,17-20,22,29-30H,5-10,12-14H2,1-4H3/t17-,18-,19+,20-,22+,23+,24+,25-,26+/m1/s1.